The molecule has 0 radical (unpaired) electrons. The molecule has 0 spiro atoms. The highest BCUT2D eigenvalue weighted by atomic mass is 32.2. The maximum Gasteiger partial charge on any atom is 0.340 e. The van der Waals surface area contributed by atoms with Crippen LogP contribution in [0.25, 0.3) is 0 Å². The third kappa shape index (κ3) is 4.62. The molecule has 4 N–H and O–H groups in total. The second-order valence-electron chi connectivity index (χ2n) is 3.97. The molecule has 0 aromatic heterocycles. The minimum Gasteiger partial charge on any atom is -0.462 e. The zero-order chi connectivity index (χ0) is 13.8. The lowest BCUT2D eigenvalue weighted by atomic mass is 10.1. The number of nitrogens with two attached hydrogens (primary N) is 2. The van der Waals surface area contributed by atoms with E-state index >= 15 is 0 Å². The van der Waals surface area contributed by atoms with E-state index in [4.69, 9.17) is 16.2 Å². The molecule has 6 nitrogen and oxygen atoms in total. The number of carbonyl (C=O) groups is 1. The number of hydrogen-bond acceptors (Lipinski definition) is 6. The molecule has 1 aromatic carbocycles. The molecule has 100 valence electrons. The van der Waals surface area contributed by atoms with Gasteiger partial charge in [0, 0.05) is 17.6 Å². The Morgan fingerprint density at radius 3 is 2.56 bits per heavy atom. The number of ether oxygens (including phenoxy) is 1. The molecule has 0 unspecified atom stereocenters. The molecule has 0 heterocycles. The molecule has 18 heavy (non-hydrogen) atoms. The molecule has 0 atom stereocenters. The van der Waals surface area contributed by atoms with Crippen LogP contribution in [-0.2, 0) is 14.6 Å². The fraction of sp³-hybridized carbons (Fsp3) is 0.364. The predicted octanol–water partition coefficient (Wildman–Crippen LogP) is 0.443. The smallest absolute Gasteiger partial charge is 0.340 e. The van der Waals surface area contributed by atoms with Crippen LogP contribution in [0.2, 0.25) is 0 Å². The Kier molecular flexibility index (Phi) is 4.55. The molecular formula is C11H16N2O4S. The average molecular weight is 272 g/mol. The first-order chi connectivity index (χ1) is 8.29. The molecule has 0 saturated heterocycles. The van der Waals surface area contributed by atoms with Crippen molar-refractivity contribution >= 4 is 27.2 Å². The topological polar surface area (TPSA) is 112 Å². The highest BCUT2D eigenvalue weighted by molar-refractivity contribution is 7.90. The summed E-state index contributed by atoms with van der Waals surface area (Å²) in [5.41, 5.74) is 12.0. The second kappa shape index (κ2) is 5.72. The highest BCUT2D eigenvalue weighted by Gasteiger charge is 2.11. The van der Waals surface area contributed by atoms with Gasteiger partial charge in [0.2, 0.25) is 0 Å². The van der Waals surface area contributed by atoms with E-state index < -0.39 is 15.8 Å². The van der Waals surface area contributed by atoms with Crippen LogP contribution < -0.4 is 11.5 Å². The van der Waals surface area contributed by atoms with Gasteiger partial charge < -0.3 is 16.2 Å². The Labute approximate surface area is 106 Å². The maximum absolute atomic E-state index is 11.6. The van der Waals surface area contributed by atoms with Gasteiger partial charge in [-0.1, -0.05) is 0 Å². The molecule has 7 heteroatoms. The fourth-order valence-electron chi connectivity index (χ4n) is 1.33. The van der Waals surface area contributed by atoms with Crippen LogP contribution in [0.5, 0.6) is 0 Å². The summed E-state index contributed by atoms with van der Waals surface area (Å²) >= 11 is 0. The van der Waals surface area contributed by atoms with Gasteiger partial charge in [-0.3, -0.25) is 0 Å². The van der Waals surface area contributed by atoms with E-state index in [1.165, 1.54) is 12.1 Å². The Balaban J connectivity index is 2.51. The molecule has 0 fully saturated rings. The summed E-state index contributed by atoms with van der Waals surface area (Å²) < 4.78 is 26.6. The largest absolute Gasteiger partial charge is 0.462 e. The molecule has 0 amide bonds. The van der Waals surface area contributed by atoms with E-state index in [1.54, 1.807) is 6.07 Å². The lowest BCUT2D eigenvalue weighted by molar-refractivity contribution is 0.0507. The third-order valence-corrected chi connectivity index (χ3v) is 3.22. The SMILES string of the molecule is CS(=O)(=O)CCCOC(=O)c1ccc(N)cc1N. The molecule has 1 rings (SSSR count). The number of esters is 1. The first-order valence-electron chi connectivity index (χ1n) is 5.29. The Hall–Kier alpha value is -1.76. The molecular weight excluding hydrogens is 256 g/mol. The third-order valence-electron chi connectivity index (χ3n) is 2.19. The highest BCUT2D eigenvalue weighted by Crippen LogP contribution is 2.16. The Morgan fingerprint density at radius 1 is 1.33 bits per heavy atom. The standard InChI is InChI=1S/C11H16N2O4S/c1-18(15,16)6-2-5-17-11(14)9-4-3-8(12)7-10(9)13/h3-4,7H,2,5-6,12-13H2,1H3. The van der Waals surface area contributed by atoms with Crippen molar-refractivity contribution in [2.75, 3.05) is 30.1 Å². The number of sulfone groups is 1. The number of hydrogen-bond donors (Lipinski definition) is 2. The average Bonchev–Trinajstić information content (AvgIpc) is 2.22. The zero-order valence-corrected chi connectivity index (χ0v) is 10.9. The summed E-state index contributed by atoms with van der Waals surface area (Å²) in [6, 6.07) is 4.49. The Morgan fingerprint density at radius 2 is 2.00 bits per heavy atom. The fourth-order valence-corrected chi connectivity index (χ4v) is 1.97. The summed E-state index contributed by atoms with van der Waals surface area (Å²) in [4.78, 5) is 11.6. The molecule has 0 bridgehead atoms. The van der Waals surface area contributed by atoms with Crippen molar-refractivity contribution in [1.82, 2.24) is 0 Å². The molecule has 1 aromatic rings. The number of nitrogen functional groups attached to an aromatic ring is 2. The van der Waals surface area contributed by atoms with Crippen molar-refractivity contribution in [2.24, 2.45) is 0 Å². The minimum atomic E-state index is -3.03. The van der Waals surface area contributed by atoms with Crippen LogP contribution in [0.15, 0.2) is 18.2 Å². The summed E-state index contributed by atoms with van der Waals surface area (Å²) in [5.74, 6) is -0.599. The lowest BCUT2D eigenvalue weighted by Gasteiger charge is -2.07. The second-order valence-corrected chi connectivity index (χ2v) is 6.23. The van der Waals surface area contributed by atoms with Crippen molar-refractivity contribution in [3.05, 3.63) is 23.8 Å². The zero-order valence-electron chi connectivity index (χ0n) is 10.0. The monoisotopic (exact) mass is 272 g/mol. The van der Waals surface area contributed by atoms with Gasteiger partial charge >= 0.3 is 5.97 Å². The van der Waals surface area contributed by atoms with Crippen molar-refractivity contribution < 1.29 is 17.9 Å². The van der Waals surface area contributed by atoms with E-state index in [1.807, 2.05) is 0 Å². The van der Waals surface area contributed by atoms with Gasteiger partial charge in [0.25, 0.3) is 0 Å². The van der Waals surface area contributed by atoms with Gasteiger partial charge in [-0.25, -0.2) is 13.2 Å². The van der Waals surface area contributed by atoms with Crippen LogP contribution >= 0.6 is 0 Å². The minimum absolute atomic E-state index is 0.0164. The quantitative estimate of drug-likeness (QED) is 0.457. The van der Waals surface area contributed by atoms with Gasteiger partial charge in [-0.05, 0) is 24.6 Å². The van der Waals surface area contributed by atoms with Gasteiger partial charge in [-0.2, -0.15) is 0 Å². The normalized spacial score (nSPS) is 11.2. The van der Waals surface area contributed by atoms with Gasteiger partial charge in [0.15, 0.2) is 0 Å². The number of carbonyl (C=O) groups excluding carboxylic acids is 1. The maximum atomic E-state index is 11.6. The van der Waals surface area contributed by atoms with Crippen LogP contribution in [0, 0.1) is 0 Å². The summed E-state index contributed by atoms with van der Waals surface area (Å²) in [6.45, 7) is 0.0374. The number of anilines is 2. The first kappa shape index (κ1) is 14.3. The van der Waals surface area contributed by atoms with Crippen LogP contribution in [0.1, 0.15) is 16.8 Å². The predicted molar refractivity (Wildman–Crippen MR) is 69.9 cm³/mol. The van der Waals surface area contributed by atoms with E-state index in [2.05, 4.69) is 0 Å². The Bertz CT molecular complexity index is 540. The van der Waals surface area contributed by atoms with Crippen molar-refractivity contribution in [1.29, 1.82) is 0 Å². The lowest BCUT2D eigenvalue weighted by Crippen LogP contribution is -2.12. The van der Waals surface area contributed by atoms with E-state index in [0.717, 1.165) is 6.26 Å². The van der Waals surface area contributed by atoms with Gasteiger partial charge in [-0.15, -0.1) is 0 Å². The van der Waals surface area contributed by atoms with Crippen molar-refractivity contribution in [3.8, 4) is 0 Å². The molecule has 0 aliphatic carbocycles. The molecule has 0 saturated carbocycles. The summed E-state index contributed by atoms with van der Waals surface area (Å²) in [7, 11) is -3.03. The molecule has 0 aliphatic heterocycles. The van der Waals surface area contributed by atoms with E-state index in [0.29, 0.717) is 5.69 Å². The summed E-state index contributed by atoms with van der Waals surface area (Å²) in [6.07, 6.45) is 1.40. The van der Waals surface area contributed by atoms with Crippen LogP contribution in [0.4, 0.5) is 11.4 Å². The van der Waals surface area contributed by atoms with Crippen LogP contribution in [-0.4, -0.2) is 33.0 Å². The van der Waals surface area contributed by atoms with E-state index in [-0.39, 0.29) is 30.0 Å². The summed E-state index contributed by atoms with van der Waals surface area (Å²) in [5, 5.41) is 0. The van der Waals surface area contributed by atoms with Crippen LogP contribution in [0.3, 0.4) is 0 Å². The van der Waals surface area contributed by atoms with Gasteiger partial charge in [0.1, 0.15) is 9.84 Å². The van der Waals surface area contributed by atoms with E-state index in [9.17, 15) is 13.2 Å². The molecule has 0 aliphatic rings. The number of rotatable bonds is 5. The van der Waals surface area contributed by atoms with Crippen molar-refractivity contribution in [3.63, 3.8) is 0 Å². The van der Waals surface area contributed by atoms with Gasteiger partial charge in [0.05, 0.1) is 17.9 Å². The first-order valence-corrected chi connectivity index (χ1v) is 7.35. The van der Waals surface area contributed by atoms with Crippen molar-refractivity contribution in [2.45, 2.75) is 6.42 Å². The number of benzene rings is 1.